The summed E-state index contributed by atoms with van der Waals surface area (Å²) in [5.41, 5.74) is 2.52. The van der Waals surface area contributed by atoms with Gasteiger partial charge in [0.25, 0.3) is 11.8 Å². The smallest absolute Gasteiger partial charge is 0.327 e. The van der Waals surface area contributed by atoms with E-state index >= 15 is 0 Å². The van der Waals surface area contributed by atoms with Crippen molar-refractivity contribution in [2.24, 2.45) is 0 Å². The maximum absolute atomic E-state index is 11.9. The molecule has 0 bridgehead atoms. The zero-order valence-corrected chi connectivity index (χ0v) is 13.8. The molecule has 8 heteroatoms. The molecule has 1 aliphatic rings. The summed E-state index contributed by atoms with van der Waals surface area (Å²) in [6, 6.07) is 5.05. The third kappa shape index (κ3) is 4.09. The summed E-state index contributed by atoms with van der Waals surface area (Å²) in [7, 11) is 1.46. The number of nitrogens with zero attached hydrogens (tertiary/aromatic N) is 2. The van der Waals surface area contributed by atoms with Crippen LogP contribution in [0, 0.1) is 13.8 Å². The van der Waals surface area contributed by atoms with Crippen LogP contribution in [0.3, 0.4) is 0 Å². The van der Waals surface area contributed by atoms with Gasteiger partial charge in [-0.2, -0.15) is 0 Å². The number of esters is 1. The Morgan fingerprint density at radius 1 is 1.25 bits per heavy atom. The average molecular weight is 333 g/mol. The third-order valence-corrected chi connectivity index (χ3v) is 3.55. The van der Waals surface area contributed by atoms with Crippen LogP contribution in [0.4, 0.5) is 10.5 Å². The molecule has 1 heterocycles. The maximum Gasteiger partial charge on any atom is 0.327 e. The van der Waals surface area contributed by atoms with Gasteiger partial charge in [-0.15, -0.1) is 0 Å². The molecule has 8 nitrogen and oxygen atoms in total. The van der Waals surface area contributed by atoms with E-state index in [4.69, 9.17) is 4.74 Å². The number of nitrogens with one attached hydrogen (secondary N) is 1. The van der Waals surface area contributed by atoms with E-state index in [0.717, 1.165) is 16.0 Å². The molecule has 4 amide bonds. The van der Waals surface area contributed by atoms with Gasteiger partial charge >= 0.3 is 12.0 Å². The quantitative estimate of drug-likeness (QED) is 0.631. The van der Waals surface area contributed by atoms with Crippen molar-refractivity contribution in [1.82, 2.24) is 9.80 Å². The Hall–Kier alpha value is -2.90. The van der Waals surface area contributed by atoms with Gasteiger partial charge in [-0.05, 0) is 31.0 Å². The van der Waals surface area contributed by atoms with Crippen molar-refractivity contribution in [3.05, 3.63) is 29.3 Å². The average Bonchev–Trinajstić information content (AvgIpc) is 2.75. The van der Waals surface area contributed by atoms with Crippen LogP contribution < -0.4 is 5.32 Å². The topological polar surface area (TPSA) is 96.0 Å². The lowest BCUT2D eigenvalue weighted by molar-refractivity contribution is -0.149. The Kier molecular flexibility index (Phi) is 5.18. The zero-order chi connectivity index (χ0) is 17.9. The van der Waals surface area contributed by atoms with Gasteiger partial charge in [-0.25, -0.2) is 4.79 Å². The molecule has 128 valence electrons. The van der Waals surface area contributed by atoms with Crippen molar-refractivity contribution >= 4 is 29.5 Å². The van der Waals surface area contributed by atoms with Crippen molar-refractivity contribution < 1.29 is 23.9 Å². The Balaban J connectivity index is 1.83. The van der Waals surface area contributed by atoms with E-state index in [1.54, 1.807) is 0 Å². The molecule has 0 atom stereocenters. The van der Waals surface area contributed by atoms with E-state index in [2.05, 4.69) is 5.32 Å². The first-order valence-electron chi connectivity index (χ1n) is 7.36. The van der Waals surface area contributed by atoms with Crippen LogP contribution in [0.5, 0.6) is 0 Å². The van der Waals surface area contributed by atoms with Crippen LogP contribution in [-0.2, 0) is 19.1 Å². The van der Waals surface area contributed by atoms with E-state index in [1.807, 2.05) is 32.0 Å². The van der Waals surface area contributed by atoms with E-state index in [9.17, 15) is 19.2 Å². The second-order valence-corrected chi connectivity index (χ2v) is 5.65. The molecular weight excluding hydrogens is 314 g/mol. The molecule has 0 aliphatic carbocycles. The molecule has 1 aliphatic heterocycles. The lowest BCUT2D eigenvalue weighted by Gasteiger charge is -2.13. The van der Waals surface area contributed by atoms with Gasteiger partial charge in [0, 0.05) is 12.7 Å². The number of imide groups is 1. The van der Waals surface area contributed by atoms with E-state index in [0.29, 0.717) is 5.69 Å². The molecule has 0 saturated carbocycles. The SMILES string of the molecule is Cc1ccc(C)c(NC(=O)COC(=O)CN2C(=O)CN(C)C2=O)c1. The van der Waals surface area contributed by atoms with E-state index in [-0.39, 0.29) is 6.54 Å². The number of hydrogen-bond acceptors (Lipinski definition) is 5. The van der Waals surface area contributed by atoms with Crippen molar-refractivity contribution in [1.29, 1.82) is 0 Å². The van der Waals surface area contributed by atoms with Crippen LogP contribution in [0.25, 0.3) is 0 Å². The summed E-state index contributed by atoms with van der Waals surface area (Å²) in [5, 5.41) is 2.65. The summed E-state index contributed by atoms with van der Waals surface area (Å²) in [5.74, 6) is -1.78. The van der Waals surface area contributed by atoms with Crippen molar-refractivity contribution in [3.8, 4) is 0 Å². The Morgan fingerprint density at radius 3 is 2.58 bits per heavy atom. The van der Waals surface area contributed by atoms with Crippen LogP contribution in [0.15, 0.2) is 18.2 Å². The van der Waals surface area contributed by atoms with Gasteiger partial charge in [0.1, 0.15) is 13.1 Å². The molecule has 0 aromatic heterocycles. The van der Waals surface area contributed by atoms with Crippen LogP contribution in [-0.4, -0.2) is 60.4 Å². The molecule has 1 fully saturated rings. The first kappa shape index (κ1) is 17.5. The van der Waals surface area contributed by atoms with Crippen molar-refractivity contribution in [2.45, 2.75) is 13.8 Å². The fourth-order valence-corrected chi connectivity index (χ4v) is 2.20. The summed E-state index contributed by atoms with van der Waals surface area (Å²) >= 11 is 0. The predicted molar refractivity (Wildman–Crippen MR) is 85.2 cm³/mol. The molecule has 0 spiro atoms. The third-order valence-electron chi connectivity index (χ3n) is 3.55. The Morgan fingerprint density at radius 2 is 1.96 bits per heavy atom. The highest BCUT2D eigenvalue weighted by molar-refractivity contribution is 6.04. The Bertz CT molecular complexity index is 701. The zero-order valence-electron chi connectivity index (χ0n) is 13.8. The monoisotopic (exact) mass is 333 g/mol. The number of carbonyl (C=O) groups is 4. The molecule has 1 aromatic carbocycles. The number of rotatable bonds is 5. The van der Waals surface area contributed by atoms with Gasteiger partial charge < -0.3 is 15.0 Å². The number of urea groups is 1. The number of amides is 4. The second-order valence-electron chi connectivity index (χ2n) is 5.65. The van der Waals surface area contributed by atoms with Crippen LogP contribution in [0.2, 0.25) is 0 Å². The van der Waals surface area contributed by atoms with Gasteiger partial charge in [0.2, 0.25) is 0 Å². The van der Waals surface area contributed by atoms with Crippen LogP contribution >= 0.6 is 0 Å². The lowest BCUT2D eigenvalue weighted by Crippen LogP contribution is -2.37. The minimum Gasteiger partial charge on any atom is -0.454 e. The highest BCUT2D eigenvalue weighted by atomic mass is 16.5. The van der Waals surface area contributed by atoms with E-state index < -0.39 is 37.0 Å². The van der Waals surface area contributed by atoms with Gasteiger partial charge in [-0.1, -0.05) is 12.1 Å². The number of benzene rings is 1. The highest BCUT2D eigenvalue weighted by Gasteiger charge is 2.35. The van der Waals surface area contributed by atoms with E-state index in [1.165, 1.54) is 11.9 Å². The van der Waals surface area contributed by atoms with Crippen molar-refractivity contribution in [3.63, 3.8) is 0 Å². The second kappa shape index (κ2) is 7.12. The number of anilines is 1. The summed E-state index contributed by atoms with van der Waals surface area (Å²) in [6.45, 7) is 2.69. The first-order valence-corrected chi connectivity index (χ1v) is 7.36. The molecule has 1 N–H and O–H groups in total. The summed E-state index contributed by atoms with van der Waals surface area (Å²) < 4.78 is 4.82. The largest absolute Gasteiger partial charge is 0.454 e. The lowest BCUT2D eigenvalue weighted by atomic mass is 10.1. The van der Waals surface area contributed by atoms with Gasteiger partial charge in [-0.3, -0.25) is 19.3 Å². The highest BCUT2D eigenvalue weighted by Crippen LogP contribution is 2.16. The fraction of sp³-hybridized carbons (Fsp3) is 0.375. The molecule has 0 radical (unpaired) electrons. The minimum absolute atomic E-state index is 0.0702. The van der Waals surface area contributed by atoms with Crippen molar-refractivity contribution in [2.75, 3.05) is 32.1 Å². The number of ether oxygens (including phenoxy) is 1. The normalized spacial score (nSPS) is 14.1. The number of carbonyl (C=O) groups excluding carboxylic acids is 4. The number of hydrogen-bond donors (Lipinski definition) is 1. The molecule has 0 unspecified atom stereocenters. The van der Waals surface area contributed by atoms with Gasteiger partial charge in [0.15, 0.2) is 6.61 Å². The standard InChI is InChI=1S/C16H19N3O5/c1-10-4-5-11(2)12(6-10)17-13(20)9-24-15(22)8-19-14(21)7-18(3)16(19)23/h4-6H,7-9H2,1-3H3,(H,17,20). The number of likely N-dealkylation sites (N-methyl/N-ethyl adjacent to an activating group) is 1. The van der Waals surface area contributed by atoms with Crippen LogP contribution in [0.1, 0.15) is 11.1 Å². The molecule has 1 aromatic rings. The molecule has 2 rings (SSSR count). The molecule has 24 heavy (non-hydrogen) atoms. The summed E-state index contributed by atoms with van der Waals surface area (Å²) in [6.07, 6.45) is 0. The fourth-order valence-electron chi connectivity index (χ4n) is 2.20. The maximum atomic E-state index is 11.9. The predicted octanol–water partition coefficient (Wildman–Crippen LogP) is 0.679. The summed E-state index contributed by atoms with van der Waals surface area (Å²) in [4.78, 5) is 48.8. The Labute approximate surface area is 139 Å². The molecule has 1 saturated heterocycles. The minimum atomic E-state index is -0.817. The first-order chi connectivity index (χ1) is 11.3. The van der Waals surface area contributed by atoms with Gasteiger partial charge in [0.05, 0.1) is 0 Å². The molecular formula is C16H19N3O5. The number of aryl methyl sites for hydroxylation is 2.